The molecule has 0 saturated carbocycles. The second-order valence-electron chi connectivity index (χ2n) is 6.11. The zero-order valence-electron chi connectivity index (χ0n) is 15.3. The van der Waals surface area contributed by atoms with Crippen molar-refractivity contribution in [3.05, 3.63) is 53.6 Å². The number of carbonyl (C=O) groups excluding carboxylic acids is 1. The minimum absolute atomic E-state index is 0.00405. The second-order valence-corrected chi connectivity index (χ2v) is 6.11. The number of likely N-dealkylation sites (N-methyl/N-ethyl adjacent to an activating group) is 1. The van der Waals surface area contributed by atoms with Crippen LogP contribution in [0.1, 0.15) is 29.3 Å². The van der Waals surface area contributed by atoms with E-state index in [2.05, 4.69) is 20.7 Å². The van der Waals surface area contributed by atoms with Crippen LogP contribution in [-0.4, -0.2) is 40.6 Å². The number of halogens is 1. The Morgan fingerprint density at radius 1 is 1.37 bits per heavy atom. The lowest BCUT2D eigenvalue weighted by Crippen LogP contribution is -2.28. The Bertz CT molecular complexity index is 928. The van der Waals surface area contributed by atoms with Crippen molar-refractivity contribution in [1.29, 1.82) is 0 Å². The zero-order chi connectivity index (χ0) is 19.2. The summed E-state index contributed by atoms with van der Waals surface area (Å²) in [5, 5.41) is 10.3. The molecule has 8 heteroatoms. The van der Waals surface area contributed by atoms with Gasteiger partial charge in [-0.15, -0.1) is 0 Å². The molecule has 0 aliphatic carbocycles. The molecule has 142 valence electrons. The Hall–Kier alpha value is -3.00. The van der Waals surface area contributed by atoms with Crippen LogP contribution >= 0.6 is 0 Å². The van der Waals surface area contributed by atoms with Crippen LogP contribution in [0, 0.1) is 5.82 Å². The van der Waals surface area contributed by atoms with Gasteiger partial charge in [0.05, 0.1) is 11.8 Å². The molecule has 27 heavy (non-hydrogen) atoms. The van der Waals surface area contributed by atoms with E-state index in [0.29, 0.717) is 47.7 Å². The third kappa shape index (κ3) is 4.40. The van der Waals surface area contributed by atoms with Crippen LogP contribution in [0.25, 0.3) is 5.65 Å². The van der Waals surface area contributed by atoms with Crippen LogP contribution < -0.4 is 15.4 Å². The zero-order valence-corrected chi connectivity index (χ0v) is 15.3. The smallest absolute Gasteiger partial charge is 0.167 e. The Kier molecular flexibility index (Phi) is 5.97. The lowest BCUT2D eigenvalue weighted by Gasteiger charge is -2.20. The number of nitrogens with zero attached hydrogens (tertiary/aromatic N) is 3. The van der Waals surface area contributed by atoms with Gasteiger partial charge >= 0.3 is 0 Å². The van der Waals surface area contributed by atoms with Gasteiger partial charge < -0.3 is 15.4 Å². The molecule has 0 fully saturated rings. The minimum atomic E-state index is -0.330. The first-order valence-corrected chi connectivity index (χ1v) is 8.77. The van der Waals surface area contributed by atoms with E-state index >= 15 is 0 Å². The number of nitrogens with one attached hydrogen (secondary N) is 2. The average Bonchev–Trinajstić information content (AvgIpc) is 3.09. The lowest BCUT2D eigenvalue weighted by molar-refractivity contribution is 0.112. The predicted molar refractivity (Wildman–Crippen MR) is 101 cm³/mol. The van der Waals surface area contributed by atoms with E-state index in [1.165, 1.54) is 22.8 Å². The summed E-state index contributed by atoms with van der Waals surface area (Å²) in [5.74, 6) is 0.858. The summed E-state index contributed by atoms with van der Waals surface area (Å²) < 4.78 is 21.3. The van der Waals surface area contributed by atoms with Gasteiger partial charge in [-0.25, -0.2) is 13.9 Å². The summed E-state index contributed by atoms with van der Waals surface area (Å²) >= 11 is 0. The van der Waals surface area contributed by atoms with Crippen molar-refractivity contribution >= 4 is 17.8 Å². The topological polar surface area (TPSA) is 80.5 Å². The van der Waals surface area contributed by atoms with Crippen LogP contribution in [0.2, 0.25) is 0 Å². The van der Waals surface area contributed by atoms with E-state index in [1.807, 2.05) is 14.0 Å². The highest BCUT2D eigenvalue weighted by molar-refractivity contribution is 5.83. The number of hydrogen-bond acceptors (Lipinski definition) is 6. The van der Waals surface area contributed by atoms with Crippen LogP contribution in [0.15, 0.2) is 36.7 Å². The number of fused-ring (bicyclic) bond motifs is 1. The molecule has 2 heterocycles. The highest BCUT2D eigenvalue weighted by Crippen LogP contribution is 2.23. The molecule has 0 aliphatic heterocycles. The van der Waals surface area contributed by atoms with E-state index < -0.39 is 0 Å². The molecule has 0 spiro atoms. The van der Waals surface area contributed by atoms with Gasteiger partial charge in [0.15, 0.2) is 11.9 Å². The Labute approximate surface area is 156 Å². The van der Waals surface area contributed by atoms with Crippen molar-refractivity contribution in [3.63, 3.8) is 0 Å². The maximum Gasteiger partial charge on any atom is 0.167 e. The number of benzene rings is 1. The number of rotatable bonds is 9. The first kappa shape index (κ1) is 18.8. The molecule has 1 atom stereocenters. The highest BCUT2D eigenvalue weighted by atomic mass is 19.1. The molecule has 2 aromatic heterocycles. The first-order valence-electron chi connectivity index (χ1n) is 8.77. The number of aromatic nitrogens is 3. The van der Waals surface area contributed by atoms with Gasteiger partial charge in [0.25, 0.3) is 0 Å². The van der Waals surface area contributed by atoms with Gasteiger partial charge in [-0.2, -0.15) is 5.10 Å². The third-order valence-electron chi connectivity index (χ3n) is 4.19. The maximum absolute atomic E-state index is 13.7. The maximum atomic E-state index is 13.7. The van der Waals surface area contributed by atoms with E-state index in [4.69, 9.17) is 4.74 Å². The van der Waals surface area contributed by atoms with Gasteiger partial charge in [0.1, 0.15) is 23.5 Å². The molecule has 2 N–H and O–H groups in total. The normalized spacial score (nSPS) is 12.1. The summed E-state index contributed by atoms with van der Waals surface area (Å²) in [7, 11) is 1.87. The molecule has 0 amide bonds. The third-order valence-corrected chi connectivity index (χ3v) is 4.19. The molecule has 3 rings (SSSR count). The van der Waals surface area contributed by atoms with Crippen LogP contribution in [0.4, 0.5) is 10.2 Å². The van der Waals surface area contributed by atoms with Crippen molar-refractivity contribution < 1.29 is 13.9 Å². The van der Waals surface area contributed by atoms with Gasteiger partial charge in [0, 0.05) is 24.8 Å². The monoisotopic (exact) mass is 371 g/mol. The Balaban J connectivity index is 1.78. The largest absolute Gasteiger partial charge is 0.489 e. The molecule has 0 saturated heterocycles. The van der Waals surface area contributed by atoms with Crippen molar-refractivity contribution in [2.45, 2.75) is 26.0 Å². The van der Waals surface area contributed by atoms with Crippen LogP contribution in [0.5, 0.6) is 5.75 Å². The second kappa shape index (κ2) is 8.59. The summed E-state index contributed by atoms with van der Waals surface area (Å²) in [6.07, 6.45) is 4.71. The highest BCUT2D eigenvalue weighted by Gasteiger charge is 2.12. The van der Waals surface area contributed by atoms with Crippen molar-refractivity contribution in [2.24, 2.45) is 0 Å². The standard InChI is InChI=1S/C19H22FN5O2/c1-3-16(11-21-2)27-17-5-4-15(20)8-13(17)9-22-18-6-7-25-19(24-18)14(12-26)10-23-25/h4-8,10,12,16,21H,3,9,11H2,1-2H3,(H,22,24). The summed E-state index contributed by atoms with van der Waals surface area (Å²) in [6.45, 7) is 3.07. The van der Waals surface area contributed by atoms with Crippen molar-refractivity contribution in [2.75, 3.05) is 18.9 Å². The molecular weight excluding hydrogens is 349 g/mol. The fourth-order valence-electron chi connectivity index (χ4n) is 2.73. The van der Waals surface area contributed by atoms with E-state index in [-0.39, 0.29) is 11.9 Å². The average molecular weight is 371 g/mol. The molecule has 0 aliphatic rings. The van der Waals surface area contributed by atoms with Gasteiger partial charge in [-0.1, -0.05) is 6.92 Å². The van der Waals surface area contributed by atoms with Gasteiger partial charge in [0.2, 0.25) is 0 Å². The molecule has 3 aromatic rings. The number of carbonyl (C=O) groups is 1. The molecule has 0 radical (unpaired) electrons. The Morgan fingerprint density at radius 3 is 2.96 bits per heavy atom. The lowest BCUT2D eigenvalue weighted by atomic mass is 10.2. The SMILES string of the molecule is CCC(CNC)Oc1ccc(F)cc1CNc1ccn2ncc(C=O)c2n1. The van der Waals surface area contributed by atoms with Crippen molar-refractivity contribution in [3.8, 4) is 5.75 Å². The van der Waals surface area contributed by atoms with Crippen molar-refractivity contribution in [1.82, 2.24) is 19.9 Å². The van der Waals surface area contributed by atoms with E-state index in [1.54, 1.807) is 18.3 Å². The number of aldehydes is 1. The fourth-order valence-corrected chi connectivity index (χ4v) is 2.73. The molecule has 0 bridgehead atoms. The molecule has 1 aromatic carbocycles. The summed E-state index contributed by atoms with van der Waals surface area (Å²) in [5.41, 5.74) is 1.56. The van der Waals surface area contributed by atoms with E-state index in [0.717, 1.165) is 6.42 Å². The van der Waals surface area contributed by atoms with Crippen LogP contribution in [0.3, 0.4) is 0 Å². The van der Waals surface area contributed by atoms with Gasteiger partial charge in [-0.05, 0) is 37.7 Å². The minimum Gasteiger partial charge on any atom is -0.489 e. The van der Waals surface area contributed by atoms with Gasteiger partial charge in [-0.3, -0.25) is 4.79 Å². The number of anilines is 1. The summed E-state index contributed by atoms with van der Waals surface area (Å²) in [4.78, 5) is 15.5. The number of hydrogen-bond donors (Lipinski definition) is 2. The van der Waals surface area contributed by atoms with Crippen LogP contribution in [-0.2, 0) is 6.54 Å². The first-order chi connectivity index (χ1) is 13.1. The summed E-state index contributed by atoms with van der Waals surface area (Å²) in [6, 6.07) is 6.22. The fraction of sp³-hybridized carbons (Fsp3) is 0.316. The molecular formula is C19H22FN5O2. The predicted octanol–water partition coefficient (Wildman–Crippen LogP) is 2.67. The Morgan fingerprint density at radius 2 is 2.22 bits per heavy atom. The van der Waals surface area contributed by atoms with E-state index in [9.17, 15) is 9.18 Å². The number of ether oxygens (including phenoxy) is 1. The quantitative estimate of drug-likeness (QED) is 0.563. The molecule has 7 nitrogen and oxygen atoms in total. The molecule has 1 unspecified atom stereocenters.